The van der Waals surface area contributed by atoms with Crippen LogP contribution in [0.3, 0.4) is 0 Å². The monoisotopic (exact) mass is 294 g/mol. The maximum absolute atomic E-state index is 12.6. The molecule has 0 bridgehead atoms. The second-order valence-electron chi connectivity index (χ2n) is 5.94. The molecule has 2 unspecified atom stereocenters. The molecule has 0 aromatic heterocycles. The van der Waals surface area contributed by atoms with Crippen molar-refractivity contribution in [2.75, 3.05) is 0 Å². The summed E-state index contributed by atoms with van der Waals surface area (Å²) in [6, 6.07) is 7.05. The van der Waals surface area contributed by atoms with E-state index in [1.807, 2.05) is 13.8 Å². The van der Waals surface area contributed by atoms with Gasteiger partial charge < -0.3 is 5.11 Å². The number of halogens is 1. The molecule has 1 aromatic carbocycles. The molecule has 1 N–H and O–H groups in total. The van der Waals surface area contributed by atoms with E-state index >= 15 is 0 Å². The first-order valence-electron chi connectivity index (χ1n) is 6.89. The van der Waals surface area contributed by atoms with Gasteiger partial charge in [-0.3, -0.25) is 9.59 Å². The molecule has 1 saturated carbocycles. The molecule has 1 aliphatic rings. The van der Waals surface area contributed by atoms with Crippen LogP contribution in [0.2, 0.25) is 5.02 Å². The van der Waals surface area contributed by atoms with Crippen LogP contribution < -0.4 is 0 Å². The Morgan fingerprint density at radius 3 is 2.45 bits per heavy atom. The fourth-order valence-electron chi connectivity index (χ4n) is 3.06. The van der Waals surface area contributed by atoms with E-state index < -0.39 is 11.4 Å². The summed E-state index contributed by atoms with van der Waals surface area (Å²) in [5.41, 5.74) is -0.419. The highest BCUT2D eigenvalue weighted by molar-refractivity contribution is 6.30. The number of carbonyl (C=O) groups excluding carboxylic acids is 1. The van der Waals surface area contributed by atoms with Gasteiger partial charge in [-0.25, -0.2) is 0 Å². The van der Waals surface area contributed by atoms with Crippen molar-refractivity contribution in [3.63, 3.8) is 0 Å². The van der Waals surface area contributed by atoms with Crippen molar-refractivity contribution in [2.24, 2.45) is 17.3 Å². The molecule has 1 aliphatic carbocycles. The number of carboxylic acids is 1. The molecule has 20 heavy (non-hydrogen) atoms. The summed E-state index contributed by atoms with van der Waals surface area (Å²) in [6.45, 7) is 3.95. The van der Waals surface area contributed by atoms with Crippen LogP contribution in [0.15, 0.2) is 24.3 Å². The van der Waals surface area contributed by atoms with Gasteiger partial charge in [0.25, 0.3) is 0 Å². The van der Waals surface area contributed by atoms with Gasteiger partial charge in [-0.15, -0.1) is 0 Å². The van der Waals surface area contributed by atoms with Crippen LogP contribution in [0.4, 0.5) is 0 Å². The standard InChI is InChI=1S/C16H19ClO3/c1-10(2)13-7-8-16(14(13)18,15(19)20)9-11-3-5-12(17)6-4-11/h3-6,10,13H,7-9H2,1-2H3,(H,19,20). The molecule has 1 fully saturated rings. The van der Waals surface area contributed by atoms with E-state index in [9.17, 15) is 14.7 Å². The molecule has 0 saturated heterocycles. The predicted molar refractivity (Wildman–Crippen MR) is 77.8 cm³/mol. The molecule has 0 amide bonds. The maximum Gasteiger partial charge on any atom is 0.317 e. The number of carbonyl (C=O) groups is 2. The Balaban J connectivity index is 2.30. The molecule has 0 aliphatic heterocycles. The van der Waals surface area contributed by atoms with E-state index in [0.29, 0.717) is 17.9 Å². The second kappa shape index (κ2) is 5.57. The lowest BCUT2D eigenvalue weighted by Crippen LogP contribution is -2.40. The Morgan fingerprint density at radius 1 is 1.40 bits per heavy atom. The predicted octanol–water partition coefficient (Wildman–Crippen LogP) is 3.59. The minimum absolute atomic E-state index is 0.116. The third kappa shape index (κ3) is 2.59. The highest BCUT2D eigenvalue weighted by atomic mass is 35.5. The van der Waals surface area contributed by atoms with Crippen molar-refractivity contribution in [3.8, 4) is 0 Å². The van der Waals surface area contributed by atoms with E-state index in [0.717, 1.165) is 5.56 Å². The highest BCUT2D eigenvalue weighted by Gasteiger charge is 2.53. The number of hydrogen-bond acceptors (Lipinski definition) is 2. The molecule has 108 valence electrons. The number of benzene rings is 1. The molecule has 2 atom stereocenters. The van der Waals surface area contributed by atoms with E-state index in [4.69, 9.17) is 11.6 Å². The van der Waals surface area contributed by atoms with E-state index in [2.05, 4.69) is 0 Å². The zero-order valence-electron chi connectivity index (χ0n) is 11.7. The number of Topliss-reactive ketones (excluding diaryl/α,β-unsaturated/α-hetero) is 1. The average Bonchev–Trinajstić information content (AvgIpc) is 2.71. The van der Waals surface area contributed by atoms with Gasteiger partial charge in [-0.2, -0.15) is 0 Å². The summed E-state index contributed by atoms with van der Waals surface area (Å²) in [6.07, 6.45) is 1.34. The van der Waals surface area contributed by atoms with Gasteiger partial charge in [0.2, 0.25) is 0 Å². The lowest BCUT2D eigenvalue weighted by atomic mass is 9.77. The Morgan fingerprint density at radius 2 is 2.00 bits per heavy atom. The Labute approximate surface area is 123 Å². The molecule has 0 spiro atoms. The SMILES string of the molecule is CC(C)C1CCC(Cc2ccc(Cl)cc2)(C(=O)O)C1=O. The zero-order valence-corrected chi connectivity index (χ0v) is 12.5. The Kier molecular flexibility index (Phi) is 4.19. The summed E-state index contributed by atoms with van der Waals surface area (Å²) in [5.74, 6) is -1.07. The van der Waals surface area contributed by atoms with Crippen LogP contribution in [0, 0.1) is 17.3 Å². The Bertz CT molecular complexity index is 521. The second-order valence-corrected chi connectivity index (χ2v) is 6.38. The van der Waals surface area contributed by atoms with Crippen molar-refractivity contribution >= 4 is 23.4 Å². The van der Waals surface area contributed by atoms with Crippen LogP contribution in [0.5, 0.6) is 0 Å². The molecule has 3 nitrogen and oxygen atoms in total. The first kappa shape index (κ1) is 15.0. The number of rotatable bonds is 4. The smallest absolute Gasteiger partial charge is 0.317 e. The lowest BCUT2D eigenvalue weighted by Gasteiger charge is -2.24. The van der Waals surface area contributed by atoms with Crippen LogP contribution in [-0.2, 0) is 16.0 Å². The Hall–Kier alpha value is -1.35. The van der Waals surface area contributed by atoms with Gasteiger partial charge >= 0.3 is 5.97 Å². The normalized spacial score (nSPS) is 26.2. The number of ketones is 1. The average molecular weight is 295 g/mol. The zero-order chi connectivity index (χ0) is 14.9. The topological polar surface area (TPSA) is 54.4 Å². The third-order valence-corrected chi connectivity index (χ3v) is 4.58. The van der Waals surface area contributed by atoms with Crippen molar-refractivity contribution in [1.82, 2.24) is 0 Å². The molecule has 0 heterocycles. The van der Waals surface area contributed by atoms with E-state index in [-0.39, 0.29) is 24.0 Å². The highest BCUT2D eigenvalue weighted by Crippen LogP contribution is 2.44. The van der Waals surface area contributed by atoms with Gasteiger partial charge in [0.15, 0.2) is 5.78 Å². The summed E-state index contributed by atoms with van der Waals surface area (Å²) in [7, 11) is 0. The van der Waals surface area contributed by atoms with Gasteiger partial charge in [0, 0.05) is 10.9 Å². The first-order valence-corrected chi connectivity index (χ1v) is 7.27. The van der Waals surface area contributed by atoms with Crippen LogP contribution in [0.25, 0.3) is 0 Å². The van der Waals surface area contributed by atoms with Crippen LogP contribution in [0.1, 0.15) is 32.3 Å². The number of carboxylic acid groups (broad SMARTS) is 1. The molecular formula is C16H19ClO3. The van der Waals surface area contributed by atoms with Crippen LogP contribution >= 0.6 is 11.6 Å². The van der Waals surface area contributed by atoms with Gasteiger partial charge in [-0.05, 0) is 42.9 Å². The summed E-state index contributed by atoms with van der Waals surface area (Å²) in [4.78, 5) is 24.3. The van der Waals surface area contributed by atoms with Crippen molar-refractivity contribution < 1.29 is 14.7 Å². The lowest BCUT2D eigenvalue weighted by molar-refractivity contribution is -0.154. The molecular weight excluding hydrogens is 276 g/mol. The first-order chi connectivity index (χ1) is 9.36. The summed E-state index contributed by atoms with van der Waals surface area (Å²) >= 11 is 5.84. The fraction of sp³-hybridized carbons (Fsp3) is 0.500. The van der Waals surface area contributed by atoms with Crippen molar-refractivity contribution in [2.45, 2.75) is 33.1 Å². The van der Waals surface area contributed by atoms with Gasteiger partial charge in [0.05, 0.1) is 0 Å². The number of hydrogen-bond donors (Lipinski definition) is 1. The molecule has 4 heteroatoms. The third-order valence-electron chi connectivity index (χ3n) is 4.32. The molecule has 2 rings (SSSR count). The van der Waals surface area contributed by atoms with Crippen molar-refractivity contribution in [1.29, 1.82) is 0 Å². The van der Waals surface area contributed by atoms with Crippen LogP contribution in [-0.4, -0.2) is 16.9 Å². The van der Waals surface area contributed by atoms with E-state index in [1.165, 1.54) is 0 Å². The summed E-state index contributed by atoms with van der Waals surface area (Å²) < 4.78 is 0. The fourth-order valence-corrected chi connectivity index (χ4v) is 3.19. The minimum atomic E-state index is -1.26. The maximum atomic E-state index is 12.6. The minimum Gasteiger partial charge on any atom is -0.480 e. The quantitative estimate of drug-likeness (QED) is 0.863. The summed E-state index contributed by atoms with van der Waals surface area (Å²) in [5, 5.41) is 10.2. The van der Waals surface area contributed by atoms with Crippen molar-refractivity contribution in [3.05, 3.63) is 34.9 Å². The molecule has 0 radical (unpaired) electrons. The number of aliphatic carboxylic acids is 1. The van der Waals surface area contributed by atoms with Gasteiger partial charge in [0.1, 0.15) is 5.41 Å². The molecule has 1 aromatic rings. The van der Waals surface area contributed by atoms with Gasteiger partial charge in [-0.1, -0.05) is 37.6 Å². The largest absolute Gasteiger partial charge is 0.480 e. The van der Waals surface area contributed by atoms with E-state index in [1.54, 1.807) is 24.3 Å².